The van der Waals surface area contributed by atoms with Crippen molar-refractivity contribution < 1.29 is 24.6 Å². The van der Waals surface area contributed by atoms with E-state index in [1.54, 1.807) is 0 Å². The minimum atomic E-state index is -1.35. The molecule has 0 nitrogen and oxygen atoms in total. The number of hydrogen-bond acceptors (Lipinski definition) is 0. The molecule has 0 aliphatic heterocycles. The summed E-state index contributed by atoms with van der Waals surface area (Å²) in [7, 11) is 0. The third-order valence-corrected chi connectivity index (χ3v) is 5.49. The molecule has 0 amide bonds. The Hall–Kier alpha value is -1.50. The zero-order valence-corrected chi connectivity index (χ0v) is 16.8. The number of rotatable bonds is 0. The summed E-state index contributed by atoms with van der Waals surface area (Å²) in [4.78, 5) is 0. The standard InChI is InChI=1S/2C9H7.Hg/c2*1-3-9-6-4-8(2)5-7-9;/h2*4-7H,2H3;. The van der Waals surface area contributed by atoms with E-state index in [9.17, 15) is 0 Å². The van der Waals surface area contributed by atoms with Crippen LogP contribution in [0.15, 0.2) is 48.5 Å². The number of hydrogen-bond donors (Lipinski definition) is 0. The van der Waals surface area contributed by atoms with Crippen LogP contribution in [0, 0.1) is 32.5 Å². The minimum absolute atomic E-state index is 1.10. The fraction of sp³-hybridized carbons (Fsp3) is 0.111. The van der Waals surface area contributed by atoms with Crippen molar-refractivity contribution in [2.45, 2.75) is 13.8 Å². The third kappa shape index (κ3) is 4.94. The normalized spacial score (nSPS) is 8.53. The average Bonchev–Trinajstić information content (AvgIpc) is 2.43. The summed E-state index contributed by atoms with van der Waals surface area (Å²) in [5.74, 6) is 6.43. The van der Waals surface area contributed by atoms with Gasteiger partial charge in [-0.25, -0.2) is 0 Å². The van der Waals surface area contributed by atoms with E-state index >= 15 is 0 Å². The second-order valence-electron chi connectivity index (χ2n) is 4.51. The first-order valence-corrected chi connectivity index (χ1v) is 11.8. The first-order valence-electron chi connectivity index (χ1n) is 6.35. The van der Waals surface area contributed by atoms with Crippen LogP contribution in [-0.4, -0.2) is 0 Å². The van der Waals surface area contributed by atoms with Gasteiger partial charge in [0.25, 0.3) is 0 Å². The van der Waals surface area contributed by atoms with Gasteiger partial charge >= 0.3 is 128 Å². The molecule has 2 aromatic rings. The summed E-state index contributed by atoms with van der Waals surface area (Å²) < 4.78 is 6.60. The Bertz CT molecular complexity index is 595. The maximum absolute atomic E-state index is 3.30. The quantitative estimate of drug-likeness (QED) is 0.441. The topological polar surface area (TPSA) is 0 Å². The summed E-state index contributed by atoms with van der Waals surface area (Å²) >= 11 is -1.35. The fourth-order valence-corrected chi connectivity index (χ4v) is 4.23. The number of benzene rings is 2. The van der Waals surface area contributed by atoms with Gasteiger partial charge in [0.1, 0.15) is 0 Å². The Morgan fingerprint density at radius 2 is 1.00 bits per heavy atom. The molecule has 2 rings (SSSR count). The molecule has 0 aliphatic rings. The molecule has 0 spiro atoms. The Morgan fingerprint density at radius 1 is 0.632 bits per heavy atom. The molecule has 88 valence electrons. The Morgan fingerprint density at radius 3 is 1.37 bits per heavy atom. The van der Waals surface area contributed by atoms with E-state index in [0.717, 1.165) is 11.1 Å². The average molecular weight is 431 g/mol. The van der Waals surface area contributed by atoms with Gasteiger partial charge in [0.2, 0.25) is 0 Å². The van der Waals surface area contributed by atoms with Crippen LogP contribution in [0.5, 0.6) is 0 Å². The van der Waals surface area contributed by atoms with Crippen LogP contribution in [0.4, 0.5) is 0 Å². The van der Waals surface area contributed by atoms with E-state index in [2.05, 4.69) is 81.1 Å². The molecule has 0 aliphatic carbocycles. The van der Waals surface area contributed by atoms with E-state index in [1.807, 2.05) is 0 Å². The van der Waals surface area contributed by atoms with Gasteiger partial charge in [-0.3, -0.25) is 0 Å². The molecule has 0 unspecified atom stereocenters. The van der Waals surface area contributed by atoms with Gasteiger partial charge in [0.05, 0.1) is 0 Å². The van der Waals surface area contributed by atoms with Crippen LogP contribution < -0.4 is 0 Å². The van der Waals surface area contributed by atoms with E-state index in [-0.39, 0.29) is 0 Å². The van der Waals surface area contributed by atoms with Crippen LogP contribution >= 0.6 is 0 Å². The molecule has 19 heavy (non-hydrogen) atoms. The Balaban J connectivity index is 1.94. The van der Waals surface area contributed by atoms with Crippen molar-refractivity contribution >= 4 is 0 Å². The molecular formula is C18H14Hg. The maximum atomic E-state index is 3.30. The summed E-state index contributed by atoms with van der Waals surface area (Å²) in [6.45, 7) is 4.18. The van der Waals surface area contributed by atoms with Gasteiger partial charge < -0.3 is 0 Å². The van der Waals surface area contributed by atoms with Crippen LogP contribution in [0.2, 0.25) is 0 Å². The van der Waals surface area contributed by atoms with Gasteiger partial charge in [-0.05, 0) is 0 Å². The monoisotopic (exact) mass is 432 g/mol. The SMILES string of the molecule is Cc1ccc(C#[C][Hg][C]#Cc2ccc(C)cc2)cc1. The van der Waals surface area contributed by atoms with Crippen LogP contribution in [0.3, 0.4) is 0 Å². The molecular weight excluding hydrogens is 417 g/mol. The Labute approximate surface area is 127 Å². The zero-order chi connectivity index (χ0) is 13.5. The van der Waals surface area contributed by atoms with Gasteiger partial charge in [-0.2, -0.15) is 0 Å². The van der Waals surface area contributed by atoms with E-state index in [4.69, 9.17) is 0 Å². The third-order valence-electron chi connectivity index (χ3n) is 2.75. The molecule has 0 N–H and O–H groups in total. The van der Waals surface area contributed by atoms with Crippen molar-refractivity contribution in [3.05, 3.63) is 70.8 Å². The van der Waals surface area contributed by atoms with Crippen molar-refractivity contribution in [1.29, 1.82) is 0 Å². The predicted octanol–water partition coefficient (Wildman–Crippen LogP) is 3.70. The van der Waals surface area contributed by atoms with E-state index in [1.165, 1.54) is 11.1 Å². The first kappa shape index (κ1) is 13.9. The molecule has 0 radical (unpaired) electrons. The second-order valence-corrected chi connectivity index (χ2v) is 8.64. The summed E-state index contributed by atoms with van der Waals surface area (Å²) in [6, 6.07) is 16.7. The Kier molecular flexibility index (Phi) is 5.25. The summed E-state index contributed by atoms with van der Waals surface area (Å²) in [5.41, 5.74) is 4.74. The van der Waals surface area contributed by atoms with Crippen molar-refractivity contribution in [2.75, 3.05) is 0 Å². The first-order chi connectivity index (χ1) is 9.24. The number of aryl methyl sites for hydroxylation is 2. The molecule has 0 atom stereocenters. The summed E-state index contributed by atoms with van der Waals surface area (Å²) in [6.07, 6.45) is 0. The molecule has 0 bridgehead atoms. The zero-order valence-electron chi connectivity index (χ0n) is 11.3. The van der Waals surface area contributed by atoms with Crippen molar-refractivity contribution in [3.8, 4) is 18.7 Å². The molecule has 2 aromatic carbocycles. The molecule has 0 aromatic heterocycles. The van der Waals surface area contributed by atoms with Crippen LogP contribution in [0.1, 0.15) is 22.3 Å². The second kappa shape index (κ2) is 7.17. The molecule has 1 heteroatoms. The molecule has 0 saturated heterocycles. The molecule has 0 heterocycles. The van der Waals surface area contributed by atoms with Gasteiger partial charge in [-0.15, -0.1) is 0 Å². The molecule has 0 fully saturated rings. The van der Waals surface area contributed by atoms with Gasteiger partial charge in [0, 0.05) is 0 Å². The van der Waals surface area contributed by atoms with E-state index < -0.39 is 24.6 Å². The summed E-state index contributed by atoms with van der Waals surface area (Å²) in [5, 5.41) is 0. The van der Waals surface area contributed by atoms with Gasteiger partial charge in [-0.1, -0.05) is 0 Å². The van der Waals surface area contributed by atoms with Crippen molar-refractivity contribution in [3.63, 3.8) is 0 Å². The predicted molar refractivity (Wildman–Crippen MR) is 76.1 cm³/mol. The van der Waals surface area contributed by atoms with Gasteiger partial charge in [0.15, 0.2) is 0 Å². The fourth-order valence-electron chi connectivity index (χ4n) is 1.61. The molecule has 0 saturated carbocycles. The van der Waals surface area contributed by atoms with Crippen molar-refractivity contribution in [2.24, 2.45) is 0 Å². The van der Waals surface area contributed by atoms with E-state index in [0.29, 0.717) is 0 Å². The van der Waals surface area contributed by atoms with Crippen molar-refractivity contribution in [1.82, 2.24) is 0 Å². The van der Waals surface area contributed by atoms with Crippen LogP contribution in [0.25, 0.3) is 0 Å². The van der Waals surface area contributed by atoms with Crippen LogP contribution in [-0.2, 0) is 24.6 Å².